The van der Waals surface area contributed by atoms with Crippen molar-refractivity contribution in [3.05, 3.63) is 47.8 Å². The zero-order chi connectivity index (χ0) is 13.0. The van der Waals surface area contributed by atoms with Crippen molar-refractivity contribution in [3.8, 4) is 5.75 Å². The fourth-order valence-corrected chi connectivity index (χ4v) is 1.74. The molecule has 0 bridgehead atoms. The Morgan fingerprint density at radius 3 is 2.56 bits per heavy atom. The second-order valence-corrected chi connectivity index (χ2v) is 4.35. The lowest BCUT2D eigenvalue weighted by Gasteiger charge is -2.10. The van der Waals surface area contributed by atoms with Gasteiger partial charge in [0, 0.05) is 19.3 Å². The molecule has 0 spiro atoms. The van der Waals surface area contributed by atoms with Crippen molar-refractivity contribution in [2.45, 2.75) is 26.0 Å². The number of aromatic nitrogens is 2. The Morgan fingerprint density at radius 2 is 2.00 bits per heavy atom. The van der Waals surface area contributed by atoms with Gasteiger partial charge in [-0.25, -0.2) is 0 Å². The summed E-state index contributed by atoms with van der Waals surface area (Å²) in [6.45, 7) is 2.57. The first kappa shape index (κ1) is 12.6. The Kier molecular flexibility index (Phi) is 3.99. The molecule has 1 heterocycles. The first-order valence-electron chi connectivity index (χ1n) is 6.16. The van der Waals surface area contributed by atoms with Gasteiger partial charge in [-0.3, -0.25) is 4.68 Å². The van der Waals surface area contributed by atoms with E-state index in [1.807, 2.05) is 43.6 Å². The molecule has 2 N–H and O–H groups in total. The molecule has 0 amide bonds. The molecule has 0 aliphatic heterocycles. The predicted octanol–water partition coefficient (Wildman–Crippen LogP) is 2.41. The Balaban J connectivity index is 1.94. The maximum Gasteiger partial charge on any atom is 0.132 e. The first-order chi connectivity index (χ1) is 8.69. The van der Waals surface area contributed by atoms with Crippen LogP contribution in [0.3, 0.4) is 0 Å². The average molecular weight is 245 g/mol. The Hall–Kier alpha value is -1.81. The van der Waals surface area contributed by atoms with Gasteiger partial charge in [-0.1, -0.05) is 19.1 Å². The van der Waals surface area contributed by atoms with E-state index in [4.69, 9.17) is 10.5 Å². The molecule has 1 aromatic heterocycles. The maximum atomic E-state index is 5.96. The van der Waals surface area contributed by atoms with Crippen molar-refractivity contribution >= 4 is 0 Å². The van der Waals surface area contributed by atoms with Crippen molar-refractivity contribution < 1.29 is 4.74 Å². The fourth-order valence-electron chi connectivity index (χ4n) is 1.74. The van der Waals surface area contributed by atoms with Crippen molar-refractivity contribution in [2.75, 3.05) is 0 Å². The molecule has 0 saturated carbocycles. The van der Waals surface area contributed by atoms with Crippen molar-refractivity contribution in [1.29, 1.82) is 0 Å². The van der Waals surface area contributed by atoms with E-state index in [0.717, 1.165) is 23.4 Å². The lowest BCUT2D eigenvalue weighted by Crippen LogP contribution is -2.08. The number of nitrogens with two attached hydrogens (primary N) is 1. The second-order valence-electron chi connectivity index (χ2n) is 4.35. The van der Waals surface area contributed by atoms with Crippen LogP contribution in [-0.2, 0) is 13.7 Å². The minimum Gasteiger partial charge on any atom is -0.487 e. The number of rotatable bonds is 5. The third kappa shape index (κ3) is 3.11. The SMILES string of the molecule is CC[C@H](N)c1ccc(OCc2ccn(C)n2)cc1. The molecule has 4 heteroatoms. The molecule has 0 saturated heterocycles. The summed E-state index contributed by atoms with van der Waals surface area (Å²) in [5, 5.41) is 4.26. The van der Waals surface area contributed by atoms with Gasteiger partial charge in [0.25, 0.3) is 0 Å². The summed E-state index contributed by atoms with van der Waals surface area (Å²) in [5.74, 6) is 0.840. The molecule has 0 aliphatic rings. The fraction of sp³-hybridized carbons (Fsp3) is 0.357. The van der Waals surface area contributed by atoms with Crippen LogP contribution in [0.4, 0.5) is 0 Å². The first-order valence-corrected chi connectivity index (χ1v) is 6.16. The highest BCUT2D eigenvalue weighted by Crippen LogP contribution is 2.18. The molecule has 1 aromatic carbocycles. The minimum absolute atomic E-state index is 0.106. The Morgan fingerprint density at radius 1 is 1.28 bits per heavy atom. The van der Waals surface area contributed by atoms with E-state index in [-0.39, 0.29) is 6.04 Å². The van der Waals surface area contributed by atoms with Crippen molar-refractivity contribution in [3.63, 3.8) is 0 Å². The zero-order valence-electron chi connectivity index (χ0n) is 10.8. The average Bonchev–Trinajstić information content (AvgIpc) is 2.82. The summed E-state index contributed by atoms with van der Waals surface area (Å²) >= 11 is 0. The van der Waals surface area contributed by atoms with E-state index in [0.29, 0.717) is 6.61 Å². The van der Waals surface area contributed by atoms with Crippen LogP contribution in [0.5, 0.6) is 5.75 Å². The monoisotopic (exact) mass is 245 g/mol. The van der Waals surface area contributed by atoms with Crippen LogP contribution in [0.15, 0.2) is 36.5 Å². The highest BCUT2D eigenvalue weighted by Gasteiger charge is 2.03. The van der Waals surface area contributed by atoms with Gasteiger partial charge < -0.3 is 10.5 Å². The summed E-state index contributed by atoms with van der Waals surface area (Å²) in [6, 6.07) is 9.99. The molecule has 0 fully saturated rings. The zero-order valence-corrected chi connectivity index (χ0v) is 10.8. The van der Waals surface area contributed by atoms with Gasteiger partial charge >= 0.3 is 0 Å². The summed E-state index contributed by atoms with van der Waals surface area (Å²) < 4.78 is 7.42. The highest BCUT2D eigenvalue weighted by molar-refractivity contribution is 5.29. The molecule has 96 valence electrons. The van der Waals surface area contributed by atoms with Crippen LogP contribution >= 0.6 is 0 Å². The quantitative estimate of drug-likeness (QED) is 0.880. The van der Waals surface area contributed by atoms with Crippen LogP contribution in [0.2, 0.25) is 0 Å². The third-order valence-electron chi connectivity index (χ3n) is 2.90. The number of nitrogens with zero attached hydrogens (tertiary/aromatic N) is 2. The van der Waals surface area contributed by atoms with Gasteiger partial charge in [0.1, 0.15) is 12.4 Å². The topological polar surface area (TPSA) is 53.1 Å². The highest BCUT2D eigenvalue weighted by atomic mass is 16.5. The normalized spacial score (nSPS) is 12.4. The van der Waals surface area contributed by atoms with E-state index in [9.17, 15) is 0 Å². The number of hydrogen-bond donors (Lipinski definition) is 1. The number of benzene rings is 1. The van der Waals surface area contributed by atoms with Crippen LogP contribution < -0.4 is 10.5 Å². The Labute approximate surface area is 107 Å². The molecule has 4 nitrogen and oxygen atoms in total. The van der Waals surface area contributed by atoms with Gasteiger partial charge in [0.2, 0.25) is 0 Å². The Bertz CT molecular complexity index is 490. The lowest BCUT2D eigenvalue weighted by molar-refractivity contribution is 0.300. The molecule has 2 aromatic rings. The van der Waals surface area contributed by atoms with Gasteiger partial charge in [-0.15, -0.1) is 0 Å². The molecular formula is C14H19N3O. The molecule has 0 aliphatic carbocycles. The summed E-state index contributed by atoms with van der Waals surface area (Å²) in [7, 11) is 1.89. The van der Waals surface area contributed by atoms with Crippen molar-refractivity contribution in [2.24, 2.45) is 12.8 Å². The molecule has 1 atom stereocenters. The van der Waals surface area contributed by atoms with E-state index in [1.54, 1.807) is 4.68 Å². The van der Waals surface area contributed by atoms with Crippen LogP contribution in [-0.4, -0.2) is 9.78 Å². The van der Waals surface area contributed by atoms with Crippen molar-refractivity contribution in [1.82, 2.24) is 9.78 Å². The summed E-state index contributed by atoms with van der Waals surface area (Å²) in [5.41, 5.74) is 8.02. The maximum absolute atomic E-state index is 5.96. The number of aryl methyl sites for hydroxylation is 1. The number of hydrogen-bond acceptors (Lipinski definition) is 3. The molecule has 2 rings (SSSR count). The van der Waals surface area contributed by atoms with Crippen LogP contribution in [0, 0.1) is 0 Å². The summed E-state index contributed by atoms with van der Waals surface area (Å²) in [6.07, 6.45) is 2.84. The van der Waals surface area contributed by atoms with E-state index in [2.05, 4.69) is 12.0 Å². The predicted molar refractivity (Wildman–Crippen MR) is 71.2 cm³/mol. The minimum atomic E-state index is 0.106. The van der Waals surface area contributed by atoms with Gasteiger partial charge in [0.05, 0.1) is 5.69 Å². The van der Waals surface area contributed by atoms with Crippen LogP contribution in [0.1, 0.15) is 30.6 Å². The number of ether oxygens (including phenoxy) is 1. The molecule has 0 radical (unpaired) electrons. The molecular weight excluding hydrogens is 226 g/mol. The van der Waals surface area contributed by atoms with E-state index >= 15 is 0 Å². The third-order valence-corrected chi connectivity index (χ3v) is 2.90. The van der Waals surface area contributed by atoms with Crippen LogP contribution in [0.25, 0.3) is 0 Å². The van der Waals surface area contributed by atoms with Gasteiger partial charge in [-0.05, 0) is 30.2 Å². The molecule has 18 heavy (non-hydrogen) atoms. The summed E-state index contributed by atoms with van der Waals surface area (Å²) in [4.78, 5) is 0. The van der Waals surface area contributed by atoms with E-state index in [1.165, 1.54) is 0 Å². The van der Waals surface area contributed by atoms with Gasteiger partial charge in [0.15, 0.2) is 0 Å². The standard InChI is InChI=1S/C14H19N3O/c1-3-14(15)11-4-6-13(7-5-11)18-10-12-8-9-17(2)16-12/h4-9,14H,3,10,15H2,1-2H3/t14-/m0/s1. The van der Waals surface area contributed by atoms with Gasteiger partial charge in [-0.2, -0.15) is 5.10 Å². The molecule has 0 unspecified atom stereocenters. The lowest BCUT2D eigenvalue weighted by atomic mass is 10.1. The largest absolute Gasteiger partial charge is 0.487 e. The van der Waals surface area contributed by atoms with E-state index < -0.39 is 0 Å². The smallest absolute Gasteiger partial charge is 0.132 e. The second kappa shape index (κ2) is 5.69.